The van der Waals surface area contributed by atoms with Crippen LogP contribution in [0, 0.1) is 5.92 Å². The standard InChI is InChI=1S/C23H44O2/c1-3-4-5-6-7-8-9-10-11-12-13-16-21(2)25-23(24)20-19-22-17-14-15-18-22/h21-22H,3-20H2,1-2H3. The molecule has 0 N–H and O–H groups in total. The Morgan fingerprint density at radius 3 is 1.96 bits per heavy atom. The predicted octanol–water partition coefficient (Wildman–Crippen LogP) is 7.59. The summed E-state index contributed by atoms with van der Waals surface area (Å²) in [5.74, 6) is 0.817. The van der Waals surface area contributed by atoms with Gasteiger partial charge in [-0.25, -0.2) is 0 Å². The van der Waals surface area contributed by atoms with Crippen LogP contribution in [0.25, 0.3) is 0 Å². The highest BCUT2D eigenvalue weighted by Crippen LogP contribution is 2.28. The fourth-order valence-electron chi connectivity index (χ4n) is 4.06. The molecule has 1 fully saturated rings. The van der Waals surface area contributed by atoms with Crippen molar-refractivity contribution in [3.05, 3.63) is 0 Å². The van der Waals surface area contributed by atoms with Crippen molar-refractivity contribution in [1.82, 2.24) is 0 Å². The van der Waals surface area contributed by atoms with E-state index in [4.69, 9.17) is 4.74 Å². The van der Waals surface area contributed by atoms with E-state index in [1.807, 2.05) is 0 Å². The van der Waals surface area contributed by atoms with Gasteiger partial charge in [0.1, 0.15) is 0 Å². The number of hydrogen-bond acceptors (Lipinski definition) is 2. The van der Waals surface area contributed by atoms with Crippen molar-refractivity contribution in [2.24, 2.45) is 5.92 Å². The van der Waals surface area contributed by atoms with E-state index in [0.29, 0.717) is 6.42 Å². The van der Waals surface area contributed by atoms with Gasteiger partial charge in [-0.05, 0) is 32.1 Å². The van der Waals surface area contributed by atoms with Crippen LogP contribution >= 0.6 is 0 Å². The summed E-state index contributed by atoms with van der Waals surface area (Å²) in [5, 5.41) is 0. The molecule has 0 aromatic rings. The zero-order valence-corrected chi connectivity index (χ0v) is 17.2. The van der Waals surface area contributed by atoms with Crippen LogP contribution in [-0.4, -0.2) is 12.1 Å². The minimum atomic E-state index is 0.0301. The molecule has 2 nitrogen and oxygen atoms in total. The van der Waals surface area contributed by atoms with Crippen molar-refractivity contribution in [3.8, 4) is 0 Å². The first-order chi connectivity index (χ1) is 12.2. The zero-order valence-electron chi connectivity index (χ0n) is 17.2. The molecule has 1 unspecified atom stereocenters. The van der Waals surface area contributed by atoms with Gasteiger partial charge in [-0.3, -0.25) is 4.79 Å². The summed E-state index contributed by atoms with van der Waals surface area (Å²) in [6.07, 6.45) is 23.2. The summed E-state index contributed by atoms with van der Waals surface area (Å²) in [6, 6.07) is 0. The summed E-state index contributed by atoms with van der Waals surface area (Å²) in [4.78, 5) is 11.9. The van der Waals surface area contributed by atoms with E-state index < -0.39 is 0 Å². The molecule has 1 saturated carbocycles. The fourth-order valence-corrected chi connectivity index (χ4v) is 4.06. The molecule has 1 aliphatic rings. The lowest BCUT2D eigenvalue weighted by atomic mass is 10.0. The first-order valence-electron chi connectivity index (χ1n) is 11.4. The third kappa shape index (κ3) is 13.3. The number of esters is 1. The van der Waals surface area contributed by atoms with Crippen molar-refractivity contribution >= 4 is 5.97 Å². The van der Waals surface area contributed by atoms with Gasteiger partial charge in [0.25, 0.3) is 0 Å². The third-order valence-corrected chi connectivity index (χ3v) is 5.78. The Morgan fingerprint density at radius 1 is 0.880 bits per heavy atom. The zero-order chi connectivity index (χ0) is 18.2. The predicted molar refractivity (Wildman–Crippen MR) is 108 cm³/mol. The van der Waals surface area contributed by atoms with Crippen molar-refractivity contribution in [1.29, 1.82) is 0 Å². The molecular formula is C23H44O2. The topological polar surface area (TPSA) is 26.3 Å². The monoisotopic (exact) mass is 352 g/mol. The number of hydrogen-bond donors (Lipinski definition) is 0. The number of carbonyl (C=O) groups excluding carboxylic acids is 1. The van der Waals surface area contributed by atoms with Gasteiger partial charge >= 0.3 is 5.97 Å². The highest BCUT2D eigenvalue weighted by molar-refractivity contribution is 5.69. The van der Waals surface area contributed by atoms with Crippen LogP contribution in [0.2, 0.25) is 0 Å². The lowest BCUT2D eigenvalue weighted by molar-refractivity contribution is -0.148. The number of ether oxygens (including phenoxy) is 1. The average Bonchev–Trinajstić information content (AvgIpc) is 3.11. The molecule has 0 amide bonds. The van der Waals surface area contributed by atoms with Crippen LogP contribution in [0.4, 0.5) is 0 Å². The molecule has 0 aromatic carbocycles. The molecule has 2 heteroatoms. The van der Waals surface area contributed by atoms with E-state index >= 15 is 0 Å². The van der Waals surface area contributed by atoms with E-state index in [1.165, 1.54) is 96.3 Å². The molecule has 148 valence electrons. The number of unbranched alkanes of at least 4 members (excludes halogenated alkanes) is 10. The van der Waals surface area contributed by atoms with Gasteiger partial charge in [-0.1, -0.05) is 96.8 Å². The van der Waals surface area contributed by atoms with E-state index in [0.717, 1.165) is 18.8 Å². The minimum Gasteiger partial charge on any atom is -0.463 e. The van der Waals surface area contributed by atoms with E-state index in [1.54, 1.807) is 0 Å². The molecule has 0 aromatic heterocycles. The third-order valence-electron chi connectivity index (χ3n) is 5.78. The van der Waals surface area contributed by atoms with Crippen molar-refractivity contribution in [2.75, 3.05) is 0 Å². The molecular weight excluding hydrogens is 308 g/mol. The van der Waals surface area contributed by atoms with Crippen molar-refractivity contribution in [3.63, 3.8) is 0 Å². The lowest BCUT2D eigenvalue weighted by Crippen LogP contribution is -2.15. The van der Waals surface area contributed by atoms with Gasteiger partial charge in [0.05, 0.1) is 6.10 Å². The molecule has 25 heavy (non-hydrogen) atoms. The highest BCUT2D eigenvalue weighted by Gasteiger charge is 2.17. The smallest absolute Gasteiger partial charge is 0.306 e. The number of rotatable bonds is 16. The number of carbonyl (C=O) groups is 1. The molecule has 0 spiro atoms. The normalized spacial score (nSPS) is 16.2. The van der Waals surface area contributed by atoms with E-state index in [2.05, 4.69) is 13.8 Å². The van der Waals surface area contributed by atoms with Crippen LogP contribution in [0.5, 0.6) is 0 Å². The first-order valence-corrected chi connectivity index (χ1v) is 11.4. The minimum absolute atomic E-state index is 0.0301. The Bertz CT molecular complexity index is 307. The summed E-state index contributed by atoms with van der Waals surface area (Å²) in [6.45, 7) is 4.34. The molecule has 0 heterocycles. The van der Waals surface area contributed by atoms with Crippen LogP contribution in [-0.2, 0) is 9.53 Å². The summed E-state index contributed by atoms with van der Waals surface area (Å²) >= 11 is 0. The Labute approximate surface area is 157 Å². The van der Waals surface area contributed by atoms with Gasteiger partial charge in [0.2, 0.25) is 0 Å². The molecule has 0 bridgehead atoms. The van der Waals surface area contributed by atoms with Gasteiger partial charge in [0, 0.05) is 6.42 Å². The Morgan fingerprint density at radius 2 is 1.40 bits per heavy atom. The van der Waals surface area contributed by atoms with Crippen LogP contribution in [0.3, 0.4) is 0 Å². The Balaban J connectivity index is 1.83. The maximum Gasteiger partial charge on any atom is 0.306 e. The molecule has 0 aliphatic heterocycles. The largest absolute Gasteiger partial charge is 0.463 e. The first kappa shape index (κ1) is 22.5. The lowest BCUT2D eigenvalue weighted by Gasteiger charge is -2.14. The van der Waals surface area contributed by atoms with Crippen molar-refractivity contribution < 1.29 is 9.53 Å². The maximum absolute atomic E-state index is 11.9. The molecule has 1 rings (SSSR count). The van der Waals surface area contributed by atoms with Gasteiger partial charge in [0.15, 0.2) is 0 Å². The summed E-state index contributed by atoms with van der Waals surface area (Å²) < 4.78 is 5.56. The SMILES string of the molecule is CCCCCCCCCCCCCC(C)OC(=O)CCC1CCCC1. The second-order valence-electron chi connectivity index (χ2n) is 8.31. The van der Waals surface area contributed by atoms with Gasteiger partial charge in [-0.15, -0.1) is 0 Å². The second-order valence-corrected chi connectivity index (χ2v) is 8.31. The Kier molecular flexibility index (Phi) is 14.1. The van der Waals surface area contributed by atoms with Crippen LogP contribution in [0.15, 0.2) is 0 Å². The summed E-state index contributed by atoms with van der Waals surface area (Å²) in [7, 11) is 0. The Hall–Kier alpha value is -0.530. The molecule has 0 saturated heterocycles. The van der Waals surface area contributed by atoms with Crippen LogP contribution in [0.1, 0.15) is 129 Å². The van der Waals surface area contributed by atoms with Gasteiger partial charge in [-0.2, -0.15) is 0 Å². The van der Waals surface area contributed by atoms with Crippen LogP contribution < -0.4 is 0 Å². The fraction of sp³-hybridized carbons (Fsp3) is 0.957. The average molecular weight is 353 g/mol. The quantitative estimate of drug-likeness (QED) is 0.211. The van der Waals surface area contributed by atoms with Gasteiger partial charge < -0.3 is 4.74 Å². The summed E-state index contributed by atoms with van der Waals surface area (Å²) in [5.41, 5.74) is 0. The maximum atomic E-state index is 11.9. The van der Waals surface area contributed by atoms with E-state index in [-0.39, 0.29) is 12.1 Å². The highest BCUT2D eigenvalue weighted by atomic mass is 16.5. The molecule has 1 atom stereocenters. The molecule has 1 aliphatic carbocycles. The van der Waals surface area contributed by atoms with Crippen molar-refractivity contribution in [2.45, 2.75) is 136 Å². The van der Waals surface area contributed by atoms with E-state index in [9.17, 15) is 4.79 Å². The second kappa shape index (κ2) is 15.7. The molecule has 0 radical (unpaired) electrons.